The Balaban J connectivity index is 1.86. The molecule has 2 N–H and O–H groups in total. The second kappa shape index (κ2) is 8.76. The molecule has 1 aliphatic carbocycles. The molecular formula is C25H33BrN4O2. The summed E-state index contributed by atoms with van der Waals surface area (Å²) in [5, 5.41) is 1.09. The van der Waals surface area contributed by atoms with Gasteiger partial charge in [0, 0.05) is 31.1 Å². The number of carbonyl (C=O) groups excluding carboxylic acids is 2. The second-order valence-electron chi connectivity index (χ2n) is 9.31. The van der Waals surface area contributed by atoms with Crippen LogP contribution in [0.3, 0.4) is 0 Å². The summed E-state index contributed by atoms with van der Waals surface area (Å²) in [5.74, 6) is -0.0268. The van der Waals surface area contributed by atoms with E-state index in [2.05, 4.69) is 40.0 Å². The van der Waals surface area contributed by atoms with Gasteiger partial charge in [-0.05, 0) is 71.9 Å². The number of nitrogens with zero attached hydrogens (tertiary/aromatic N) is 3. The van der Waals surface area contributed by atoms with Crippen LogP contribution in [0.4, 0.5) is 0 Å². The lowest BCUT2D eigenvalue weighted by Crippen LogP contribution is -2.47. The maximum atomic E-state index is 13.3. The molecule has 172 valence electrons. The highest BCUT2D eigenvalue weighted by Gasteiger charge is 2.39. The Hall–Kier alpha value is -1.96. The first-order chi connectivity index (χ1) is 15.2. The highest BCUT2D eigenvalue weighted by molar-refractivity contribution is 9.10. The molecule has 2 aromatic rings. The van der Waals surface area contributed by atoms with Crippen LogP contribution in [0.15, 0.2) is 28.9 Å². The molecule has 6 nitrogen and oxygen atoms in total. The third-order valence-electron chi connectivity index (χ3n) is 7.11. The lowest BCUT2D eigenvalue weighted by molar-refractivity contribution is -0.134. The number of halogens is 1. The number of benzene rings is 1. The summed E-state index contributed by atoms with van der Waals surface area (Å²) in [6.07, 6.45) is 2.97. The van der Waals surface area contributed by atoms with E-state index in [1.165, 1.54) is 5.57 Å². The van der Waals surface area contributed by atoms with Crippen molar-refractivity contribution in [3.63, 3.8) is 0 Å². The quantitative estimate of drug-likeness (QED) is 0.678. The number of amides is 1. The number of rotatable bonds is 5. The fourth-order valence-corrected chi connectivity index (χ4v) is 5.89. The van der Waals surface area contributed by atoms with Gasteiger partial charge in [0.2, 0.25) is 11.8 Å². The van der Waals surface area contributed by atoms with Crippen molar-refractivity contribution in [3.05, 3.63) is 40.0 Å². The summed E-state index contributed by atoms with van der Waals surface area (Å²) >= 11 is 3.74. The fourth-order valence-electron chi connectivity index (χ4n) is 5.17. The van der Waals surface area contributed by atoms with Gasteiger partial charge in [0.1, 0.15) is 0 Å². The SMILES string of the molecule is CCN(CC)C(=O)[C@@H]1C=C2c3cccc4c3c(c(Br)n4C(=O)C(N)C(C)C)C[C@H]2N(C)C1. The van der Waals surface area contributed by atoms with E-state index in [1.54, 1.807) is 4.57 Å². The third kappa shape index (κ3) is 3.55. The molecule has 1 aromatic carbocycles. The molecule has 1 aromatic heterocycles. The van der Waals surface area contributed by atoms with E-state index in [-0.39, 0.29) is 29.7 Å². The van der Waals surface area contributed by atoms with Gasteiger partial charge in [0.15, 0.2) is 0 Å². The Bertz CT molecular complexity index is 1100. The van der Waals surface area contributed by atoms with Crippen molar-refractivity contribution in [2.45, 2.75) is 46.2 Å². The Morgan fingerprint density at radius 2 is 1.94 bits per heavy atom. The predicted octanol–water partition coefficient (Wildman–Crippen LogP) is 3.77. The Morgan fingerprint density at radius 3 is 2.56 bits per heavy atom. The number of hydrogen-bond donors (Lipinski definition) is 1. The van der Waals surface area contributed by atoms with Gasteiger partial charge in [-0.25, -0.2) is 0 Å². The zero-order valence-corrected chi connectivity index (χ0v) is 21.1. The summed E-state index contributed by atoms with van der Waals surface area (Å²) in [7, 11) is 2.09. The van der Waals surface area contributed by atoms with Crippen LogP contribution in [0, 0.1) is 11.8 Å². The average Bonchev–Trinajstić information content (AvgIpc) is 3.06. The van der Waals surface area contributed by atoms with Crippen LogP contribution in [-0.4, -0.2) is 64.9 Å². The van der Waals surface area contributed by atoms with Crippen molar-refractivity contribution in [2.24, 2.45) is 17.6 Å². The molecule has 0 spiro atoms. The van der Waals surface area contributed by atoms with Crippen molar-refractivity contribution in [2.75, 3.05) is 26.7 Å². The summed E-state index contributed by atoms with van der Waals surface area (Å²) in [6, 6.07) is 5.71. The van der Waals surface area contributed by atoms with Crippen LogP contribution in [0.5, 0.6) is 0 Å². The molecule has 4 rings (SSSR count). The first-order valence-corrected chi connectivity index (χ1v) is 12.3. The van der Waals surface area contributed by atoms with Crippen molar-refractivity contribution in [3.8, 4) is 0 Å². The highest BCUT2D eigenvalue weighted by atomic mass is 79.9. The Labute approximate surface area is 198 Å². The van der Waals surface area contributed by atoms with Crippen molar-refractivity contribution in [1.82, 2.24) is 14.4 Å². The van der Waals surface area contributed by atoms with Gasteiger partial charge in [0.25, 0.3) is 0 Å². The normalized spacial score (nSPS) is 21.4. The van der Waals surface area contributed by atoms with Crippen LogP contribution < -0.4 is 5.73 Å². The smallest absolute Gasteiger partial charge is 0.249 e. The lowest BCUT2D eigenvalue weighted by atomic mass is 9.79. The molecule has 1 aliphatic heterocycles. The van der Waals surface area contributed by atoms with Crippen molar-refractivity contribution < 1.29 is 9.59 Å². The van der Waals surface area contributed by atoms with E-state index in [4.69, 9.17) is 5.73 Å². The van der Waals surface area contributed by atoms with Gasteiger partial charge in [-0.1, -0.05) is 32.1 Å². The molecule has 0 fully saturated rings. The Morgan fingerprint density at radius 1 is 1.25 bits per heavy atom. The van der Waals surface area contributed by atoms with Crippen molar-refractivity contribution >= 4 is 44.2 Å². The van der Waals surface area contributed by atoms with Crippen molar-refractivity contribution in [1.29, 1.82) is 0 Å². The molecule has 32 heavy (non-hydrogen) atoms. The number of likely N-dealkylation sites (N-methyl/N-ethyl adjacent to an activating group) is 1. The van der Waals surface area contributed by atoms with E-state index in [1.807, 2.05) is 44.7 Å². The molecule has 3 atom stereocenters. The van der Waals surface area contributed by atoms with Gasteiger partial charge >= 0.3 is 0 Å². The molecule has 0 saturated heterocycles. The first kappa shape index (κ1) is 23.2. The van der Waals surface area contributed by atoms with E-state index in [9.17, 15) is 9.59 Å². The summed E-state index contributed by atoms with van der Waals surface area (Å²) in [5.41, 5.74) is 10.6. The average molecular weight is 501 g/mol. The molecule has 7 heteroatoms. The molecule has 2 heterocycles. The molecule has 0 radical (unpaired) electrons. The summed E-state index contributed by atoms with van der Waals surface area (Å²) < 4.78 is 2.55. The molecule has 1 unspecified atom stereocenters. The minimum absolute atomic E-state index is 0.0480. The summed E-state index contributed by atoms with van der Waals surface area (Å²) in [6.45, 7) is 10.1. The molecular weight excluding hydrogens is 468 g/mol. The number of aromatic nitrogens is 1. The van der Waals surface area contributed by atoms with Crippen LogP contribution in [-0.2, 0) is 11.2 Å². The number of fused-ring (bicyclic) bond motifs is 2. The summed E-state index contributed by atoms with van der Waals surface area (Å²) in [4.78, 5) is 30.6. The minimum atomic E-state index is -0.570. The number of hydrogen-bond acceptors (Lipinski definition) is 4. The number of nitrogens with two attached hydrogens (primary N) is 1. The molecule has 1 amide bonds. The van der Waals surface area contributed by atoms with Gasteiger partial charge in [-0.3, -0.25) is 19.1 Å². The zero-order chi connectivity index (χ0) is 23.3. The minimum Gasteiger partial charge on any atom is -0.343 e. The fraction of sp³-hybridized carbons (Fsp3) is 0.520. The van der Waals surface area contributed by atoms with Crippen LogP contribution in [0.25, 0.3) is 16.5 Å². The zero-order valence-electron chi connectivity index (χ0n) is 19.6. The predicted molar refractivity (Wildman–Crippen MR) is 133 cm³/mol. The topological polar surface area (TPSA) is 71.6 Å². The van der Waals surface area contributed by atoms with Gasteiger partial charge in [-0.2, -0.15) is 0 Å². The van der Waals surface area contributed by atoms with E-state index in [0.717, 1.165) is 46.1 Å². The van der Waals surface area contributed by atoms with E-state index >= 15 is 0 Å². The van der Waals surface area contributed by atoms with Crippen LogP contribution in [0.2, 0.25) is 0 Å². The first-order valence-electron chi connectivity index (χ1n) is 11.5. The molecule has 0 saturated carbocycles. The number of carbonyl (C=O) groups is 2. The van der Waals surface area contributed by atoms with Crippen LogP contribution >= 0.6 is 15.9 Å². The molecule has 0 bridgehead atoms. The maximum absolute atomic E-state index is 13.3. The standard InChI is InChI=1S/C25H33BrN4O2/c1-6-29(7-2)24(31)15-11-17-16-9-8-10-19-21(16)18(12-20(17)28(5)13-15)23(26)30(19)25(32)22(27)14(3)4/h8-11,14-15,20,22H,6-7,12-13,27H2,1-5H3/t15-,20-,22?/m1/s1. The second-order valence-corrected chi connectivity index (χ2v) is 10.1. The third-order valence-corrected chi connectivity index (χ3v) is 7.94. The lowest BCUT2D eigenvalue weighted by Gasteiger charge is -2.40. The van der Waals surface area contributed by atoms with E-state index in [0.29, 0.717) is 6.54 Å². The monoisotopic (exact) mass is 500 g/mol. The largest absolute Gasteiger partial charge is 0.343 e. The Kier molecular flexibility index (Phi) is 6.36. The van der Waals surface area contributed by atoms with Gasteiger partial charge in [0.05, 0.1) is 22.1 Å². The maximum Gasteiger partial charge on any atom is 0.249 e. The van der Waals surface area contributed by atoms with Crippen LogP contribution in [0.1, 0.15) is 43.6 Å². The molecule has 2 aliphatic rings. The van der Waals surface area contributed by atoms with E-state index < -0.39 is 6.04 Å². The van der Waals surface area contributed by atoms with Gasteiger partial charge < -0.3 is 10.6 Å². The van der Waals surface area contributed by atoms with Gasteiger partial charge in [-0.15, -0.1) is 0 Å². The highest BCUT2D eigenvalue weighted by Crippen LogP contribution is 2.45.